The van der Waals surface area contributed by atoms with Gasteiger partial charge in [-0.2, -0.15) is 0 Å². The molecule has 0 saturated carbocycles. The third-order valence-corrected chi connectivity index (χ3v) is 5.22. The Bertz CT molecular complexity index is 1100. The zero-order chi connectivity index (χ0) is 21.8. The fourth-order valence-corrected chi connectivity index (χ4v) is 3.57. The van der Waals surface area contributed by atoms with Crippen LogP contribution in [-0.2, 0) is 11.2 Å². The molecule has 0 aliphatic carbocycles. The lowest BCUT2D eigenvalue weighted by molar-refractivity contribution is -0.125. The number of amides is 2. The van der Waals surface area contributed by atoms with E-state index < -0.39 is 6.10 Å². The summed E-state index contributed by atoms with van der Waals surface area (Å²) in [6.07, 6.45) is 0.166. The van der Waals surface area contributed by atoms with E-state index in [1.165, 1.54) is 0 Å². The van der Waals surface area contributed by atoms with Crippen LogP contribution in [0, 0.1) is 0 Å². The van der Waals surface area contributed by atoms with Gasteiger partial charge >= 0.3 is 0 Å². The number of carbonyl (C=O) groups is 2. The lowest BCUT2D eigenvalue weighted by atomic mass is 10.1. The molecular formula is C25H24N2O4. The standard InChI is InChI=1S/C25H24N2O4/c1-17-25(29)27(14-13-18-7-4-3-5-8-18)22-16-20(11-12-23(22)31-17)26-24(28)19-9-6-10-21(15-19)30-2/h3-12,15-17H,13-14H2,1-2H3,(H,26,28). The van der Waals surface area contributed by atoms with E-state index in [9.17, 15) is 9.59 Å². The number of nitrogens with zero attached hydrogens (tertiary/aromatic N) is 1. The van der Waals surface area contributed by atoms with Crippen LogP contribution in [0.1, 0.15) is 22.8 Å². The highest BCUT2D eigenvalue weighted by Crippen LogP contribution is 2.36. The number of methoxy groups -OCH3 is 1. The number of benzene rings is 3. The first-order chi connectivity index (χ1) is 15.0. The van der Waals surface area contributed by atoms with Crippen molar-refractivity contribution in [2.75, 3.05) is 23.9 Å². The van der Waals surface area contributed by atoms with Crippen LogP contribution >= 0.6 is 0 Å². The number of anilines is 2. The van der Waals surface area contributed by atoms with E-state index in [-0.39, 0.29) is 11.8 Å². The van der Waals surface area contributed by atoms with Crippen LogP contribution in [0.4, 0.5) is 11.4 Å². The monoisotopic (exact) mass is 416 g/mol. The molecule has 1 atom stereocenters. The van der Waals surface area contributed by atoms with Gasteiger partial charge in [0.15, 0.2) is 6.10 Å². The van der Waals surface area contributed by atoms with Crippen LogP contribution in [-0.4, -0.2) is 31.6 Å². The molecule has 1 unspecified atom stereocenters. The van der Waals surface area contributed by atoms with Gasteiger partial charge in [0.05, 0.1) is 12.8 Å². The Morgan fingerprint density at radius 1 is 1.06 bits per heavy atom. The summed E-state index contributed by atoms with van der Waals surface area (Å²) in [6.45, 7) is 2.27. The van der Waals surface area contributed by atoms with Crippen molar-refractivity contribution in [1.29, 1.82) is 0 Å². The maximum Gasteiger partial charge on any atom is 0.267 e. The van der Waals surface area contributed by atoms with Crippen molar-refractivity contribution in [1.82, 2.24) is 0 Å². The topological polar surface area (TPSA) is 67.9 Å². The van der Waals surface area contributed by atoms with Crippen LogP contribution in [0.25, 0.3) is 0 Å². The Hall–Kier alpha value is -3.80. The van der Waals surface area contributed by atoms with Gasteiger partial charge in [-0.15, -0.1) is 0 Å². The molecule has 1 N–H and O–H groups in total. The summed E-state index contributed by atoms with van der Waals surface area (Å²) in [5.41, 5.74) is 2.88. The number of hydrogen-bond donors (Lipinski definition) is 1. The van der Waals surface area contributed by atoms with E-state index in [0.717, 1.165) is 12.0 Å². The first kappa shape index (κ1) is 20.5. The van der Waals surface area contributed by atoms with Gasteiger partial charge in [-0.3, -0.25) is 9.59 Å². The van der Waals surface area contributed by atoms with E-state index in [1.807, 2.05) is 30.3 Å². The summed E-state index contributed by atoms with van der Waals surface area (Å²) in [7, 11) is 1.56. The number of ether oxygens (including phenoxy) is 2. The van der Waals surface area contributed by atoms with Crippen molar-refractivity contribution in [3.63, 3.8) is 0 Å². The minimum atomic E-state index is -0.555. The molecule has 0 radical (unpaired) electrons. The predicted octanol–water partition coefficient (Wildman–Crippen LogP) is 4.30. The van der Waals surface area contributed by atoms with Crippen molar-refractivity contribution in [3.8, 4) is 11.5 Å². The van der Waals surface area contributed by atoms with Crippen LogP contribution in [0.3, 0.4) is 0 Å². The van der Waals surface area contributed by atoms with E-state index in [0.29, 0.717) is 35.0 Å². The molecule has 1 heterocycles. The highest BCUT2D eigenvalue weighted by molar-refractivity contribution is 6.06. The zero-order valence-corrected chi connectivity index (χ0v) is 17.5. The Balaban J connectivity index is 1.56. The second-order valence-corrected chi connectivity index (χ2v) is 7.35. The summed E-state index contributed by atoms with van der Waals surface area (Å²) >= 11 is 0. The summed E-state index contributed by atoms with van der Waals surface area (Å²) < 4.78 is 11.0. The fourth-order valence-electron chi connectivity index (χ4n) is 3.57. The quantitative estimate of drug-likeness (QED) is 0.650. The van der Waals surface area contributed by atoms with Gasteiger partial charge in [-0.1, -0.05) is 36.4 Å². The van der Waals surface area contributed by atoms with E-state index in [1.54, 1.807) is 61.4 Å². The summed E-state index contributed by atoms with van der Waals surface area (Å²) in [4.78, 5) is 27.2. The van der Waals surface area contributed by atoms with E-state index in [4.69, 9.17) is 9.47 Å². The molecule has 1 aliphatic heterocycles. The van der Waals surface area contributed by atoms with Crippen LogP contribution in [0.15, 0.2) is 72.8 Å². The molecule has 0 fully saturated rings. The fraction of sp³-hybridized carbons (Fsp3) is 0.200. The molecule has 158 valence electrons. The first-order valence-corrected chi connectivity index (χ1v) is 10.2. The predicted molar refractivity (Wildman–Crippen MR) is 120 cm³/mol. The van der Waals surface area contributed by atoms with Gasteiger partial charge in [0.1, 0.15) is 11.5 Å². The molecule has 6 nitrogen and oxygen atoms in total. The van der Waals surface area contributed by atoms with Crippen molar-refractivity contribution >= 4 is 23.2 Å². The van der Waals surface area contributed by atoms with Gasteiger partial charge in [0.2, 0.25) is 0 Å². The van der Waals surface area contributed by atoms with E-state index in [2.05, 4.69) is 5.32 Å². The Morgan fingerprint density at radius 3 is 2.65 bits per heavy atom. The van der Waals surface area contributed by atoms with Crippen LogP contribution < -0.4 is 19.7 Å². The lowest BCUT2D eigenvalue weighted by Crippen LogP contribution is -2.45. The molecule has 4 rings (SSSR count). The Morgan fingerprint density at radius 2 is 1.87 bits per heavy atom. The minimum absolute atomic E-state index is 0.0975. The first-order valence-electron chi connectivity index (χ1n) is 10.2. The number of nitrogens with one attached hydrogen (secondary N) is 1. The summed E-state index contributed by atoms with van der Waals surface area (Å²) in [5.74, 6) is 0.878. The Labute approximate surface area is 181 Å². The van der Waals surface area contributed by atoms with Crippen molar-refractivity contribution in [3.05, 3.63) is 83.9 Å². The molecule has 6 heteroatoms. The van der Waals surface area contributed by atoms with E-state index >= 15 is 0 Å². The smallest absolute Gasteiger partial charge is 0.267 e. The number of hydrogen-bond acceptors (Lipinski definition) is 4. The maximum atomic E-state index is 12.8. The van der Waals surface area contributed by atoms with Gasteiger partial charge < -0.3 is 19.7 Å². The molecule has 3 aromatic rings. The Kier molecular flexibility index (Phi) is 5.89. The second-order valence-electron chi connectivity index (χ2n) is 7.35. The molecular weight excluding hydrogens is 392 g/mol. The molecule has 0 aromatic heterocycles. The molecule has 0 saturated heterocycles. The minimum Gasteiger partial charge on any atom is -0.497 e. The third kappa shape index (κ3) is 4.53. The molecule has 0 bridgehead atoms. The normalized spacial score (nSPS) is 15.1. The largest absolute Gasteiger partial charge is 0.497 e. The number of carbonyl (C=O) groups excluding carboxylic acids is 2. The van der Waals surface area contributed by atoms with Gasteiger partial charge in [-0.25, -0.2) is 0 Å². The summed E-state index contributed by atoms with van der Waals surface area (Å²) in [5, 5.41) is 2.89. The third-order valence-electron chi connectivity index (χ3n) is 5.22. The highest BCUT2D eigenvalue weighted by atomic mass is 16.5. The van der Waals surface area contributed by atoms with Crippen molar-refractivity contribution < 1.29 is 19.1 Å². The van der Waals surface area contributed by atoms with Gasteiger partial charge in [0.25, 0.3) is 11.8 Å². The zero-order valence-electron chi connectivity index (χ0n) is 17.5. The second kappa shape index (κ2) is 8.92. The molecule has 1 aliphatic rings. The maximum absolute atomic E-state index is 12.8. The highest BCUT2D eigenvalue weighted by Gasteiger charge is 2.31. The van der Waals surface area contributed by atoms with Crippen LogP contribution in [0.5, 0.6) is 11.5 Å². The van der Waals surface area contributed by atoms with Crippen LogP contribution in [0.2, 0.25) is 0 Å². The van der Waals surface area contributed by atoms with Crippen molar-refractivity contribution in [2.45, 2.75) is 19.4 Å². The molecule has 0 spiro atoms. The molecule has 2 amide bonds. The lowest BCUT2D eigenvalue weighted by Gasteiger charge is -2.33. The summed E-state index contributed by atoms with van der Waals surface area (Å²) in [6, 6.07) is 22.3. The molecule has 3 aromatic carbocycles. The number of rotatable bonds is 6. The van der Waals surface area contributed by atoms with Gasteiger partial charge in [-0.05, 0) is 55.3 Å². The SMILES string of the molecule is COc1cccc(C(=O)Nc2ccc3c(c2)N(CCc2ccccc2)C(=O)C(C)O3)c1. The van der Waals surface area contributed by atoms with Crippen molar-refractivity contribution in [2.24, 2.45) is 0 Å². The average Bonchev–Trinajstić information content (AvgIpc) is 2.80. The molecule has 31 heavy (non-hydrogen) atoms. The number of fused-ring (bicyclic) bond motifs is 1. The average molecular weight is 416 g/mol. The van der Waals surface area contributed by atoms with Gasteiger partial charge in [0, 0.05) is 17.8 Å².